The van der Waals surface area contributed by atoms with Crippen LogP contribution in [0.3, 0.4) is 0 Å². The van der Waals surface area contributed by atoms with Gasteiger partial charge in [-0.1, -0.05) is 20.3 Å². The molecule has 2 N–H and O–H groups in total. The van der Waals surface area contributed by atoms with E-state index in [-0.39, 0.29) is 29.7 Å². The molecule has 148 valence electrons. The van der Waals surface area contributed by atoms with Crippen LogP contribution in [0.25, 0.3) is 0 Å². The van der Waals surface area contributed by atoms with E-state index in [1.807, 2.05) is 6.92 Å². The average molecular weight is 365 g/mol. The van der Waals surface area contributed by atoms with Crippen LogP contribution in [-0.4, -0.2) is 37.6 Å². The highest BCUT2D eigenvalue weighted by molar-refractivity contribution is 5.82. The summed E-state index contributed by atoms with van der Waals surface area (Å²) in [7, 11) is 0. The Labute approximate surface area is 158 Å². The predicted molar refractivity (Wildman–Crippen MR) is 101 cm³/mol. The van der Waals surface area contributed by atoms with Crippen molar-refractivity contribution >= 4 is 11.8 Å². The standard InChI is InChI=1S/C21H36N2O3/c1-13-11-14(2)23-21(25)19(13)12-22-20(24)18-6-4-5-17(15(18)3)16-7-9-26-10-8-16/h13-19H,4-12H2,1-3H3,(H,22,24)(H,23,25). The third-order valence-electron chi connectivity index (χ3n) is 7.20. The van der Waals surface area contributed by atoms with Gasteiger partial charge in [0, 0.05) is 31.7 Å². The molecule has 5 nitrogen and oxygen atoms in total. The van der Waals surface area contributed by atoms with Gasteiger partial charge in [-0.3, -0.25) is 9.59 Å². The Balaban J connectivity index is 1.54. The number of carbonyl (C=O) groups is 2. The topological polar surface area (TPSA) is 67.4 Å². The predicted octanol–water partition coefficient (Wildman–Crippen LogP) is 2.74. The highest BCUT2D eigenvalue weighted by Gasteiger charge is 2.39. The summed E-state index contributed by atoms with van der Waals surface area (Å²) in [5.41, 5.74) is 0. The van der Waals surface area contributed by atoms with Crippen molar-refractivity contribution < 1.29 is 14.3 Å². The fraction of sp³-hybridized carbons (Fsp3) is 0.905. The summed E-state index contributed by atoms with van der Waals surface area (Å²) in [5, 5.41) is 6.15. The normalized spacial score (nSPS) is 39.3. The zero-order valence-electron chi connectivity index (χ0n) is 16.6. The number of hydrogen-bond donors (Lipinski definition) is 2. The zero-order valence-corrected chi connectivity index (χ0v) is 16.6. The molecule has 2 aliphatic heterocycles. The summed E-state index contributed by atoms with van der Waals surface area (Å²) in [5.74, 6) is 2.34. The molecule has 0 radical (unpaired) electrons. The van der Waals surface area contributed by atoms with Crippen molar-refractivity contribution in [1.82, 2.24) is 10.6 Å². The Kier molecular flexibility index (Phi) is 6.60. The van der Waals surface area contributed by atoms with Crippen molar-refractivity contribution in [1.29, 1.82) is 0 Å². The maximum Gasteiger partial charge on any atom is 0.225 e. The van der Waals surface area contributed by atoms with E-state index >= 15 is 0 Å². The Hall–Kier alpha value is -1.10. The summed E-state index contributed by atoms with van der Waals surface area (Å²) in [6.07, 6.45) is 6.63. The smallest absolute Gasteiger partial charge is 0.225 e. The molecule has 2 amide bonds. The van der Waals surface area contributed by atoms with Crippen LogP contribution in [0.5, 0.6) is 0 Å². The summed E-state index contributed by atoms with van der Waals surface area (Å²) >= 11 is 0. The lowest BCUT2D eigenvalue weighted by atomic mass is 9.66. The van der Waals surface area contributed by atoms with Crippen molar-refractivity contribution in [3.63, 3.8) is 0 Å². The maximum atomic E-state index is 12.9. The van der Waals surface area contributed by atoms with Crippen molar-refractivity contribution in [3.05, 3.63) is 0 Å². The van der Waals surface area contributed by atoms with Crippen LogP contribution in [0.15, 0.2) is 0 Å². The third kappa shape index (κ3) is 4.41. The average Bonchev–Trinajstić information content (AvgIpc) is 2.61. The molecule has 0 spiro atoms. The van der Waals surface area contributed by atoms with Crippen molar-refractivity contribution in [2.75, 3.05) is 19.8 Å². The number of nitrogens with one attached hydrogen (secondary N) is 2. The molecular formula is C21H36N2O3. The molecule has 1 aliphatic carbocycles. The Morgan fingerprint density at radius 1 is 1.15 bits per heavy atom. The first-order valence-corrected chi connectivity index (χ1v) is 10.6. The van der Waals surface area contributed by atoms with Gasteiger partial charge in [0.25, 0.3) is 0 Å². The summed E-state index contributed by atoms with van der Waals surface area (Å²) in [6, 6.07) is 0.239. The number of piperidine rings is 1. The number of hydrogen-bond acceptors (Lipinski definition) is 3. The number of ether oxygens (including phenoxy) is 1. The molecule has 0 aromatic rings. The first-order valence-electron chi connectivity index (χ1n) is 10.6. The van der Waals surface area contributed by atoms with Crippen LogP contribution in [0, 0.1) is 35.5 Å². The lowest BCUT2D eigenvalue weighted by Crippen LogP contribution is -2.51. The minimum atomic E-state index is -0.0969. The second-order valence-corrected chi connectivity index (χ2v) is 8.98. The monoisotopic (exact) mass is 364 g/mol. The van der Waals surface area contributed by atoms with Crippen LogP contribution in [0.4, 0.5) is 0 Å². The SMILES string of the molecule is CC1CC(C)C(CNC(=O)C2CCCC(C3CCOCC3)C2C)C(=O)N1. The molecule has 3 rings (SSSR count). The van der Waals surface area contributed by atoms with E-state index in [2.05, 4.69) is 24.5 Å². The molecule has 26 heavy (non-hydrogen) atoms. The summed E-state index contributed by atoms with van der Waals surface area (Å²) in [4.78, 5) is 25.1. The molecule has 3 aliphatic rings. The van der Waals surface area contributed by atoms with Gasteiger partial charge >= 0.3 is 0 Å². The minimum absolute atomic E-state index is 0.0910. The highest BCUT2D eigenvalue weighted by Crippen LogP contribution is 2.42. The van der Waals surface area contributed by atoms with Crippen LogP contribution in [0.1, 0.15) is 59.3 Å². The fourth-order valence-electron chi connectivity index (χ4n) is 5.60. The van der Waals surface area contributed by atoms with Crippen LogP contribution < -0.4 is 10.6 Å². The van der Waals surface area contributed by atoms with Gasteiger partial charge in [-0.25, -0.2) is 0 Å². The molecule has 2 saturated heterocycles. The van der Waals surface area contributed by atoms with Gasteiger partial charge in [-0.15, -0.1) is 0 Å². The van der Waals surface area contributed by atoms with Crippen LogP contribution in [0.2, 0.25) is 0 Å². The Morgan fingerprint density at radius 2 is 1.88 bits per heavy atom. The molecule has 1 saturated carbocycles. The summed E-state index contributed by atoms with van der Waals surface area (Å²) in [6.45, 7) is 8.65. The van der Waals surface area contributed by atoms with Gasteiger partial charge < -0.3 is 15.4 Å². The Bertz CT molecular complexity index is 503. The molecular weight excluding hydrogens is 328 g/mol. The lowest BCUT2D eigenvalue weighted by molar-refractivity contribution is -0.132. The van der Waals surface area contributed by atoms with Crippen molar-refractivity contribution in [2.24, 2.45) is 35.5 Å². The van der Waals surface area contributed by atoms with Crippen LogP contribution >= 0.6 is 0 Å². The second-order valence-electron chi connectivity index (χ2n) is 8.98. The third-order valence-corrected chi connectivity index (χ3v) is 7.20. The largest absolute Gasteiger partial charge is 0.381 e. The number of rotatable bonds is 4. The van der Waals surface area contributed by atoms with E-state index in [1.165, 1.54) is 6.42 Å². The van der Waals surface area contributed by atoms with E-state index in [4.69, 9.17) is 4.74 Å². The molecule has 3 fully saturated rings. The molecule has 0 aromatic carbocycles. The Morgan fingerprint density at radius 3 is 2.58 bits per heavy atom. The number of amides is 2. The van der Waals surface area contributed by atoms with Gasteiger partial charge in [0.1, 0.15) is 0 Å². The molecule has 6 unspecified atom stereocenters. The van der Waals surface area contributed by atoms with E-state index in [0.717, 1.165) is 45.3 Å². The van der Waals surface area contributed by atoms with Gasteiger partial charge in [-0.2, -0.15) is 0 Å². The fourth-order valence-corrected chi connectivity index (χ4v) is 5.60. The quantitative estimate of drug-likeness (QED) is 0.806. The van der Waals surface area contributed by atoms with Gasteiger partial charge in [0.05, 0.1) is 5.92 Å². The molecule has 2 heterocycles. The minimum Gasteiger partial charge on any atom is -0.381 e. The van der Waals surface area contributed by atoms with E-state index in [9.17, 15) is 9.59 Å². The summed E-state index contributed by atoms with van der Waals surface area (Å²) < 4.78 is 5.52. The van der Waals surface area contributed by atoms with Gasteiger partial charge in [0.15, 0.2) is 0 Å². The zero-order chi connectivity index (χ0) is 18.7. The van der Waals surface area contributed by atoms with E-state index in [0.29, 0.717) is 30.2 Å². The van der Waals surface area contributed by atoms with Crippen molar-refractivity contribution in [3.8, 4) is 0 Å². The van der Waals surface area contributed by atoms with E-state index in [1.54, 1.807) is 0 Å². The molecule has 6 atom stereocenters. The molecule has 5 heteroatoms. The van der Waals surface area contributed by atoms with Crippen LogP contribution in [-0.2, 0) is 14.3 Å². The first kappa shape index (κ1) is 19.7. The number of carbonyl (C=O) groups excluding carboxylic acids is 2. The molecule has 0 bridgehead atoms. The second kappa shape index (κ2) is 8.73. The lowest BCUT2D eigenvalue weighted by Gasteiger charge is -2.41. The van der Waals surface area contributed by atoms with Gasteiger partial charge in [0.2, 0.25) is 11.8 Å². The maximum absolute atomic E-state index is 12.9. The molecule has 0 aromatic heterocycles. The van der Waals surface area contributed by atoms with Gasteiger partial charge in [-0.05, 0) is 62.7 Å². The first-order chi connectivity index (χ1) is 12.5. The highest BCUT2D eigenvalue weighted by atomic mass is 16.5. The van der Waals surface area contributed by atoms with Crippen molar-refractivity contribution in [2.45, 2.75) is 65.3 Å². The van der Waals surface area contributed by atoms with E-state index < -0.39 is 0 Å².